The van der Waals surface area contributed by atoms with Crippen molar-refractivity contribution in [2.75, 3.05) is 5.32 Å². The molecule has 0 fully saturated rings. The smallest absolute Gasteiger partial charge is 0.237 e. The molecule has 0 bridgehead atoms. The Morgan fingerprint density at radius 2 is 2.00 bits per heavy atom. The molecule has 0 aliphatic rings. The van der Waals surface area contributed by atoms with E-state index in [1.54, 1.807) is 10.9 Å². The molecule has 0 saturated carbocycles. The number of fused-ring (bicyclic) bond motifs is 1. The van der Waals surface area contributed by atoms with Crippen LogP contribution in [0, 0.1) is 0 Å². The van der Waals surface area contributed by atoms with Crippen molar-refractivity contribution in [2.45, 2.75) is 17.3 Å². The summed E-state index contributed by atoms with van der Waals surface area (Å²) in [5.41, 5.74) is 0.800. The molecule has 22 heavy (non-hydrogen) atoms. The fraction of sp³-hybridized carbons (Fsp3) is 0.188. The van der Waals surface area contributed by atoms with Gasteiger partial charge in [0, 0.05) is 12.7 Å². The van der Waals surface area contributed by atoms with Gasteiger partial charge >= 0.3 is 0 Å². The van der Waals surface area contributed by atoms with E-state index >= 15 is 0 Å². The number of carbonyl (C=O) groups excluding carboxylic acids is 1. The molecule has 6 heteroatoms. The molecule has 0 aliphatic carbocycles. The number of thioether (sulfide) groups is 1. The van der Waals surface area contributed by atoms with Gasteiger partial charge in [-0.3, -0.25) is 4.79 Å². The summed E-state index contributed by atoms with van der Waals surface area (Å²) in [6.45, 7) is 1.86. The van der Waals surface area contributed by atoms with Gasteiger partial charge in [-0.1, -0.05) is 42.1 Å². The van der Waals surface area contributed by atoms with E-state index in [2.05, 4.69) is 15.5 Å². The predicted octanol–water partition coefficient (Wildman–Crippen LogP) is 3.09. The molecule has 1 aromatic heterocycles. The Kier molecular flexibility index (Phi) is 4.11. The fourth-order valence-corrected chi connectivity index (χ4v) is 2.89. The van der Waals surface area contributed by atoms with E-state index in [9.17, 15) is 4.79 Å². The molecule has 0 unspecified atom stereocenters. The Labute approximate surface area is 132 Å². The third-order valence-electron chi connectivity index (χ3n) is 3.34. The molecule has 3 aromatic rings. The van der Waals surface area contributed by atoms with Crippen LogP contribution < -0.4 is 5.32 Å². The van der Waals surface area contributed by atoms with Gasteiger partial charge in [0.1, 0.15) is 6.33 Å². The summed E-state index contributed by atoms with van der Waals surface area (Å²) in [6.07, 6.45) is 1.62. The predicted molar refractivity (Wildman–Crippen MR) is 88.9 cm³/mol. The highest BCUT2D eigenvalue weighted by molar-refractivity contribution is 8.00. The van der Waals surface area contributed by atoms with Crippen LogP contribution in [0.15, 0.2) is 53.9 Å². The molecule has 1 heterocycles. The molecular formula is C16H16N4OS. The van der Waals surface area contributed by atoms with Crippen LogP contribution in [0.2, 0.25) is 0 Å². The second-order valence-corrected chi connectivity index (χ2v) is 6.34. The lowest BCUT2D eigenvalue weighted by Crippen LogP contribution is -2.22. The van der Waals surface area contributed by atoms with Gasteiger partial charge in [0.05, 0.1) is 5.25 Å². The highest BCUT2D eigenvalue weighted by Crippen LogP contribution is 2.23. The second-order valence-electron chi connectivity index (χ2n) is 5.04. The van der Waals surface area contributed by atoms with Crippen molar-refractivity contribution in [3.63, 3.8) is 0 Å². The highest BCUT2D eigenvalue weighted by atomic mass is 32.2. The SMILES string of the molecule is C[C@@H](Sc1nncn1C)C(=O)Nc1ccc2ccccc2c1. The van der Waals surface area contributed by atoms with Gasteiger partial charge in [-0.2, -0.15) is 0 Å². The Bertz CT molecular complexity index is 815. The van der Waals surface area contributed by atoms with Crippen molar-refractivity contribution >= 4 is 34.1 Å². The first-order chi connectivity index (χ1) is 10.6. The molecular weight excluding hydrogens is 296 g/mol. The number of anilines is 1. The molecule has 0 radical (unpaired) electrons. The van der Waals surface area contributed by atoms with Crippen LogP contribution in [0.5, 0.6) is 0 Å². The normalized spacial score (nSPS) is 12.3. The third-order valence-corrected chi connectivity index (χ3v) is 4.49. The Balaban J connectivity index is 1.70. The number of carbonyl (C=O) groups is 1. The first kappa shape index (κ1) is 14.6. The van der Waals surface area contributed by atoms with Crippen molar-refractivity contribution in [1.29, 1.82) is 0 Å². The molecule has 3 rings (SSSR count). The Hall–Kier alpha value is -2.34. The third kappa shape index (κ3) is 3.12. The molecule has 5 nitrogen and oxygen atoms in total. The number of amides is 1. The number of nitrogens with zero attached hydrogens (tertiary/aromatic N) is 3. The van der Waals surface area contributed by atoms with Gasteiger partial charge < -0.3 is 9.88 Å². The van der Waals surface area contributed by atoms with Gasteiger partial charge in [0.15, 0.2) is 5.16 Å². The first-order valence-electron chi connectivity index (χ1n) is 6.94. The average molecular weight is 312 g/mol. The van der Waals surface area contributed by atoms with E-state index in [1.165, 1.54) is 11.8 Å². The van der Waals surface area contributed by atoms with E-state index in [0.717, 1.165) is 21.6 Å². The summed E-state index contributed by atoms with van der Waals surface area (Å²) in [7, 11) is 1.86. The number of benzene rings is 2. The zero-order valence-corrected chi connectivity index (χ0v) is 13.2. The summed E-state index contributed by atoms with van der Waals surface area (Å²) >= 11 is 1.39. The summed E-state index contributed by atoms with van der Waals surface area (Å²) in [5, 5.41) is 13.5. The van der Waals surface area contributed by atoms with Crippen LogP contribution in [0.25, 0.3) is 10.8 Å². The highest BCUT2D eigenvalue weighted by Gasteiger charge is 2.17. The maximum atomic E-state index is 12.3. The van der Waals surface area contributed by atoms with Crippen molar-refractivity contribution in [3.05, 3.63) is 48.8 Å². The number of nitrogens with one attached hydrogen (secondary N) is 1. The van der Waals surface area contributed by atoms with E-state index in [4.69, 9.17) is 0 Å². The summed E-state index contributed by atoms with van der Waals surface area (Å²) < 4.78 is 1.80. The maximum Gasteiger partial charge on any atom is 0.237 e. The quantitative estimate of drug-likeness (QED) is 0.752. The van der Waals surface area contributed by atoms with E-state index in [-0.39, 0.29) is 11.2 Å². The van der Waals surface area contributed by atoms with E-state index in [0.29, 0.717) is 0 Å². The molecule has 112 valence electrons. The minimum absolute atomic E-state index is 0.0525. The Morgan fingerprint density at radius 3 is 2.73 bits per heavy atom. The molecule has 0 aliphatic heterocycles. The number of aromatic nitrogens is 3. The fourth-order valence-electron chi connectivity index (χ4n) is 2.10. The van der Waals surface area contributed by atoms with Crippen molar-refractivity contribution in [2.24, 2.45) is 7.05 Å². The topological polar surface area (TPSA) is 59.8 Å². The maximum absolute atomic E-state index is 12.3. The van der Waals surface area contributed by atoms with Crippen molar-refractivity contribution in [3.8, 4) is 0 Å². The number of hydrogen-bond donors (Lipinski definition) is 1. The lowest BCUT2D eigenvalue weighted by Gasteiger charge is -2.11. The number of hydrogen-bond acceptors (Lipinski definition) is 4. The number of aryl methyl sites for hydroxylation is 1. The van der Waals surface area contributed by atoms with Crippen LogP contribution in [0.1, 0.15) is 6.92 Å². The number of rotatable bonds is 4. The lowest BCUT2D eigenvalue weighted by molar-refractivity contribution is -0.115. The summed E-state index contributed by atoms with van der Waals surface area (Å²) in [6, 6.07) is 14.0. The van der Waals surface area contributed by atoms with Gasteiger partial charge in [0.25, 0.3) is 0 Å². The van der Waals surface area contributed by atoms with Crippen LogP contribution in [0.4, 0.5) is 5.69 Å². The molecule has 1 atom stereocenters. The minimum atomic E-state index is -0.255. The van der Waals surface area contributed by atoms with E-state index < -0.39 is 0 Å². The zero-order chi connectivity index (χ0) is 15.5. The lowest BCUT2D eigenvalue weighted by atomic mass is 10.1. The molecule has 1 amide bonds. The monoisotopic (exact) mass is 312 g/mol. The summed E-state index contributed by atoms with van der Waals surface area (Å²) in [4.78, 5) is 12.3. The first-order valence-corrected chi connectivity index (χ1v) is 7.82. The van der Waals surface area contributed by atoms with E-state index in [1.807, 2.05) is 56.4 Å². The van der Waals surface area contributed by atoms with Crippen LogP contribution >= 0.6 is 11.8 Å². The molecule has 0 saturated heterocycles. The van der Waals surface area contributed by atoms with Gasteiger partial charge in [-0.25, -0.2) is 0 Å². The summed E-state index contributed by atoms with van der Waals surface area (Å²) in [5.74, 6) is -0.0525. The zero-order valence-electron chi connectivity index (χ0n) is 12.4. The van der Waals surface area contributed by atoms with Crippen molar-refractivity contribution < 1.29 is 4.79 Å². The van der Waals surface area contributed by atoms with Crippen LogP contribution in [-0.4, -0.2) is 25.9 Å². The standard InChI is InChI=1S/C16H16N4OS/c1-11(22-16-19-17-10-20(16)2)15(21)18-14-8-7-12-5-3-4-6-13(12)9-14/h3-11H,1-2H3,(H,18,21)/t11-/m1/s1. The molecule has 1 N–H and O–H groups in total. The average Bonchev–Trinajstić information content (AvgIpc) is 2.92. The van der Waals surface area contributed by atoms with Gasteiger partial charge in [-0.15, -0.1) is 10.2 Å². The second kappa shape index (κ2) is 6.19. The molecule has 2 aromatic carbocycles. The molecule has 0 spiro atoms. The minimum Gasteiger partial charge on any atom is -0.325 e. The van der Waals surface area contributed by atoms with Gasteiger partial charge in [0.2, 0.25) is 5.91 Å². The largest absolute Gasteiger partial charge is 0.325 e. The Morgan fingerprint density at radius 1 is 1.23 bits per heavy atom. The van der Waals surface area contributed by atoms with Crippen LogP contribution in [0.3, 0.4) is 0 Å². The van der Waals surface area contributed by atoms with Crippen LogP contribution in [-0.2, 0) is 11.8 Å². The van der Waals surface area contributed by atoms with Crippen molar-refractivity contribution in [1.82, 2.24) is 14.8 Å². The van der Waals surface area contributed by atoms with Gasteiger partial charge in [-0.05, 0) is 29.8 Å².